The number of alkyl carbamates (subject to hydrolysis) is 1. The molecule has 3 amide bonds. The summed E-state index contributed by atoms with van der Waals surface area (Å²) < 4.78 is 22.3. The maximum Gasteiger partial charge on any atom is 0.407 e. The van der Waals surface area contributed by atoms with Crippen LogP contribution in [0.4, 0.5) is 4.79 Å². The van der Waals surface area contributed by atoms with Gasteiger partial charge in [0.1, 0.15) is 23.3 Å². The number of hydrogen-bond donors (Lipinski definition) is 2. The summed E-state index contributed by atoms with van der Waals surface area (Å²) in [5.74, 6) is -2.27. The van der Waals surface area contributed by atoms with Crippen LogP contribution in [0.3, 0.4) is 0 Å². The number of methoxy groups -OCH3 is 1. The number of carbonyl (C=O) groups excluding carboxylic acids is 5. The number of thioether (sulfide) groups is 1. The summed E-state index contributed by atoms with van der Waals surface area (Å²) in [5, 5.41) is 4.65. The van der Waals surface area contributed by atoms with E-state index < -0.39 is 52.7 Å². The van der Waals surface area contributed by atoms with Gasteiger partial charge in [0.2, 0.25) is 5.91 Å². The molecule has 14 heteroatoms. The first-order chi connectivity index (χ1) is 23.8. The molecule has 2 aromatic carbocycles. The Morgan fingerprint density at radius 1 is 0.960 bits per heavy atom. The van der Waals surface area contributed by atoms with Gasteiger partial charge in [-0.05, 0) is 44.0 Å². The summed E-state index contributed by atoms with van der Waals surface area (Å²) in [4.78, 5) is 67.9. The summed E-state index contributed by atoms with van der Waals surface area (Å²) in [6.45, 7) is 6.59. The summed E-state index contributed by atoms with van der Waals surface area (Å²) in [5.41, 5.74) is -0.597. The van der Waals surface area contributed by atoms with E-state index in [0.717, 1.165) is 16.0 Å². The van der Waals surface area contributed by atoms with Gasteiger partial charge in [-0.1, -0.05) is 60.7 Å². The van der Waals surface area contributed by atoms with Gasteiger partial charge >= 0.3 is 18.0 Å². The zero-order valence-electron chi connectivity index (χ0n) is 28.3. The number of nitrogens with zero attached hydrogens (tertiary/aromatic N) is 1. The van der Waals surface area contributed by atoms with Crippen LogP contribution >= 0.6 is 23.1 Å². The highest BCUT2D eigenvalue weighted by Gasteiger charge is 2.66. The van der Waals surface area contributed by atoms with Crippen molar-refractivity contribution in [2.24, 2.45) is 0 Å². The van der Waals surface area contributed by atoms with Gasteiger partial charge in [-0.25, -0.2) is 9.59 Å². The van der Waals surface area contributed by atoms with E-state index in [1.165, 1.54) is 42.0 Å². The fourth-order valence-corrected chi connectivity index (χ4v) is 7.85. The molecule has 50 heavy (non-hydrogen) atoms. The molecular formula is C36H39N3O9S2. The Hall–Kier alpha value is -4.66. The Morgan fingerprint density at radius 2 is 1.58 bits per heavy atom. The second-order valence-corrected chi connectivity index (χ2v) is 14.9. The lowest BCUT2D eigenvalue weighted by Crippen LogP contribution is -2.80. The minimum absolute atomic E-state index is 0.0504. The lowest BCUT2D eigenvalue weighted by Gasteiger charge is -2.56. The quantitative estimate of drug-likeness (QED) is 0.115. The van der Waals surface area contributed by atoms with Crippen LogP contribution in [0.1, 0.15) is 54.7 Å². The molecule has 2 aliphatic heterocycles. The van der Waals surface area contributed by atoms with Crippen molar-refractivity contribution in [3.63, 3.8) is 0 Å². The van der Waals surface area contributed by atoms with Crippen LogP contribution in [0.15, 0.2) is 84.1 Å². The van der Waals surface area contributed by atoms with Gasteiger partial charge in [0.25, 0.3) is 11.6 Å². The molecule has 2 atom stereocenters. The van der Waals surface area contributed by atoms with Gasteiger partial charge in [-0.3, -0.25) is 19.3 Å². The van der Waals surface area contributed by atoms with Crippen molar-refractivity contribution >= 4 is 52.9 Å². The zero-order chi connectivity index (χ0) is 36.1. The molecule has 0 unspecified atom stereocenters. The molecule has 0 saturated carbocycles. The maximum absolute atomic E-state index is 14.1. The van der Waals surface area contributed by atoms with E-state index in [-0.39, 0.29) is 31.0 Å². The van der Waals surface area contributed by atoms with Crippen LogP contribution in [-0.4, -0.2) is 70.9 Å². The SMILES string of the molecule is CO[C@@]1(NC(=O)Cc2ccc(CNC(=O)OC(C)(C)C)s2)C(=O)N2C(C(=O)OC(c3ccccc3)c3ccccc3)=C(COC(C)=O)CS[C@@H]21. The van der Waals surface area contributed by atoms with Crippen molar-refractivity contribution in [3.05, 3.63) is 105 Å². The predicted octanol–water partition coefficient (Wildman–Crippen LogP) is 4.84. The highest BCUT2D eigenvalue weighted by Crippen LogP contribution is 2.47. The second-order valence-electron chi connectivity index (χ2n) is 12.6. The third-order valence-corrected chi connectivity index (χ3v) is 10.1. The first-order valence-corrected chi connectivity index (χ1v) is 17.7. The molecule has 1 saturated heterocycles. The van der Waals surface area contributed by atoms with Gasteiger partial charge < -0.3 is 29.6 Å². The topological polar surface area (TPSA) is 150 Å². The molecule has 3 heterocycles. The van der Waals surface area contributed by atoms with E-state index >= 15 is 0 Å². The molecule has 0 radical (unpaired) electrons. The van der Waals surface area contributed by atoms with Crippen molar-refractivity contribution in [2.45, 2.75) is 63.5 Å². The average molecular weight is 722 g/mol. The van der Waals surface area contributed by atoms with Crippen molar-refractivity contribution in [1.29, 1.82) is 0 Å². The highest BCUT2D eigenvalue weighted by atomic mass is 32.2. The molecule has 2 N–H and O–H groups in total. The van der Waals surface area contributed by atoms with Crippen molar-refractivity contribution in [3.8, 4) is 0 Å². The number of thiophene rings is 1. The summed E-state index contributed by atoms with van der Waals surface area (Å²) >= 11 is 2.60. The largest absolute Gasteiger partial charge is 0.461 e. The van der Waals surface area contributed by atoms with Crippen LogP contribution in [0.25, 0.3) is 0 Å². The smallest absolute Gasteiger partial charge is 0.407 e. The Balaban J connectivity index is 1.33. The third kappa shape index (κ3) is 8.37. The first kappa shape index (κ1) is 36.6. The second kappa shape index (κ2) is 15.5. The number of ether oxygens (including phenoxy) is 4. The minimum atomic E-state index is -1.75. The van der Waals surface area contributed by atoms with Gasteiger partial charge in [0.15, 0.2) is 6.10 Å². The van der Waals surface area contributed by atoms with E-state index in [1.54, 1.807) is 32.9 Å². The fourth-order valence-electron chi connectivity index (χ4n) is 5.47. The molecule has 5 rings (SSSR count). The molecular weight excluding hydrogens is 683 g/mol. The summed E-state index contributed by atoms with van der Waals surface area (Å²) in [6.07, 6.45) is -1.39. The molecule has 3 aromatic rings. The van der Waals surface area contributed by atoms with Gasteiger partial charge in [0.05, 0.1) is 13.0 Å². The number of nitrogens with one attached hydrogen (secondary N) is 2. The molecule has 12 nitrogen and oxygen atoms in total. The Morgan fingerprint density at radius 3 is 2.16 bits per heavy atom. The fraction of sp³-hybridized carbons (Fsp3) is 0.361. The zero-order valence-corrected chi connectivity index (χ0v) is 30.0. The van der Waals surface area contributed by atoms with Crippen LogP contribution in [-0.2, 0) is 51.1 Å². The minimum Gasteiger partial charge on any atom is -0.461 e. The van der Waals surface area contributed by atoms with E-state index in [2.05, 4.69) is 10.6 Å². The van der Waals surface area contributed by atoms with Crippen LogP contribution in [0.5, 0.6) is 0 Å². The monoisotopic (exact) mass is 721 g/mol. The highest BCUT2D eigenvalue weighted by molar-refractivity contribution is 8.00. The summed E-state index contributed by atoms with van der Waals surface area (Å²) in [6, 6.07) is 22.0. The molecule has 2 aliphatic rings. The maximum atomic E-state index is 14.1. The van der Waals surface area contributed by atoms with E-state index in [0.29, 0.717) is 10.5 Å². The molecule has 1 fully saturated rings. The molecule has 0 bridgehead atoms. The molecule has 0 spiro atoms. The lowest BCUT2D eigenvalue weighted by atomic mass is 9.97. The van der Waals surface area contributed by atoms with E-state index in [4.69, 9.17) is 18.9 Å². The molecule has 264 valence electrons. The third-order valence-electron chi connectivity index (χ3n) is 7.69. The van der Waals surface area contributed by atoms with Crippen LogP contribution < -0.4 is 10.6 Å². The first-order valence-electron chi connectivity index (χ1n) is 15.8. The molecule has 0 aliphatic carbocycles. The lowest BCUT2D eigenvalue weighted by molar-refractivity contribution is -0.193. The Bertz CT molecular complexity index is 1730. The van der Waals surface area contributed by atoms with Gasteiger partial charge in [0, 0.05) is 35.1 Å². The number of carbonyl (C=O) groups is 5. The van der Waals surface area contributed by atoms with E-state index in [9.17, 15) is 24.0 Å². The van der Waals surface area contributed by atoms with Crippen LogP contribution in [0, 0.1) is 0 Å². The van der Waals surface area contributed by atoms with Crippen LogP contribution in [0.2, 0.25) is 0 Å². The Kier molecular flexibility index (Phi) is 11.3. The molecule has 1 aromatic heterocycles. The Labute approximate surface area is 298 Å². The number of esters is 2. The van der Waals surface area contributed by atoms with Crippen molar-refractivity contribution in [1.82, 2.24) is 15.5 Å². The number of hydrogen-bond acceptors (Lipinski definition) is 11. The van der Waals surface area contributed by atoms with Crippen molar-refractivity contribution in [2.75, 3.05) is 19.5 Å². The van der Waals surface area contributed by atoms with Gasteiger partial charge in [-0.15, -0.1) is 23.1 Å². The number of benzene rings is 2. The number of rotatable bonds is 12. The van der Waals surface area contributed by atoms with E-state index in [1.807, 2.05) is 60.7 Å². The summed E-state index contributed by atoms with van der Waals surface area (Å²) in [7, 11) is 1.32. The number of fused-ring (bicyclic) bond motifs is 1. The number of amides is 3. The normalized spacial score (nSPS) is 18.6. The van der Waals surface area contributed by atoms with Crippen molar-refractivity contribution < 1.29 is 42.9 Å². The average Bonchev–Trinajstić information content (AvgIpc) is 3.53. The predicted molar refractivity (Wildman–Crippen MR) is 187 cm³/mol. The number of β-lactam (4-membered cyclic amide) rings is 1. The standard InChI is InChI=1S/C36H39N3O9S2/c1-22(40)46-20-25-21-49-33-36(45-5,38-28(41)18-26-16-17-27(50-26)19-37-34(44)48-35(2,3)4)32(43)39(33)29(25)31(42)47-30(23-12-8-6-9-13-23)24-14-10-7-11-15-24/h6-17,30,33H,18-21H2,1-5H3,(H,37,44)(H,38,41)/t33-,36+/m1/s1. The van der Waals surface area contributed by atoms with Gasteiger partial charge in [-0.2, -0.15) is 0 Å².